The SMILES string of the molecule is CC(=O)CCC(=O)N1CCC[C@H](O)C1. The van der Waals surface area contributed by atoms with Crippen LogP contribution in [0.1, 0.15) is 32.6 Å². The maximum atomic E-state index is 11.5. The first-order valence-corrected chi connectivity index (χ1v) is 5.05. The highest BCUT2D eigenvalue weighted by Crippen LogP contribution is 2.11. The first kappa shape index (κ1) is 11.2. The number of carbonyl (C=O) groups excluding carboxylic acids is 2. The summed E-state index contributed by atoms with van der Waals surface area (Å²) in [4.78, 5) is 23.8. The Kier molecular flexibility index (Phi) is 4.07. The number of hydrogen-bond acceptors (Lipinski definition) is 3. The molecule has 0 aromatic heterocycles. The van der Waals surface area contributed by atoms with Crippen LogP contribution in [0.4, 0.5) is 0 Å². The smallest absolute Gasteiger partial charge is 0.223 e. The zero-order valence-electron chi connectivity index (χ0n) is 8.53. The number of aliphatic hydroxyl groups is 1. The molecule has 1 fully saturated rings. The summed E-state index contributed by atoms with van der Waals surface area (Å²) in [6.45, 7) is 2.63. The van der Waals surface area contributed by atoms with E-state index in [4.69, 9.17) is 0 Å². The summed E-state index contributed by atoms with van der Waals surface area (Å²) in [5.41, 5.74) is 0. The average Bonchev–Trinajstić information content (AvgIpc) is 2.14. The molecule has 0 bridgehead atoms. The van der Waals surface area contributed by atoms with E-state index in [-0.39, 0.29) is 24.2 Å². The Hall–Kier alpha value is -0.900. The van der Waals surface area contributed by atoms with Crippen molar-refractivity contribution in [1.29, 1.82) is 0 Å². The van der Waals surface area contributed by atoms with Crippen molar-refractivity contribution < 1.29 is 14.7 Å². The van der Waals surface area contributed by atoms with Crippen LogP contribution in [-0.4, -0.2) is 40.9 Å². The van der Waals surface area contributed by atoms with E-state index >= 15 is 0 Å². The van der Waals surface area contributed by atoms with Crippen LogP contribution in [0.3, 0.4) is 0 Å². The number of nitrogens with zero attached hydrogens (tertiary/aromatic N) is 1. The third-order valence-corrected chi connectivity index (χ3v) is 2.44. The third kappa shape index (κ3) is 3.46. The van der Waals surface area contributed by atoms with Crippen LogP contribution >= 0.6 is 0 Å². The van der Waals surface area contributed by atoms with E-state index in [9.17, 15) is 14.7 Å². The zero-order chi connectivity index (χ0) is 10.6. The summed E-state index contributed by atoms with van der Waals surface area (Å²) in [5.74, 6) is 0.0230. The fraction of sp³-hybridized carbons (Fsp3) is 0.800. The molecule has 1 aliphatic heterocycles. The number of rotatable bonds is 3. The summed E-state index contributed by atoms with van der Waals surface area (Å²) in [5, 5.41) is 9.35. The third-order valence-electron chi connectivity index (χ3n) is 2.44. The fourth-order valence-electron chi connectivity index (χ4n) is 1.62. The van der Waals surface area contributed by atoms with E-state index in [1.807, 2.05) is 0 Å². The highest BCUT2D eigenvalue weighted by atomic mass is 16.3. The van der Waals surface area contributed by atoms with Crippen LogP contribution in [0.25, 0.3) is 0 Å². The zero-order valence-corrected chi connectivity index (χ0v) is 8.53. The molecule has 1 aliphatic rings. The first-order valence-electron chi connectivity index (χ1n) is 5.05. The number of likely N-dealkylation sites (tertiary alicyclic amines) is 1. The largest absolute Gasteiger partial charge is 0.391 e. The van der Waals surface area contributed by atoms with Crippen molar-refractivity contribution in [2.24, 2.45) is 0 Å². The van der Waals surface area contributed by atoms with Gasteiger partial charge >= 0.3 is 0 Å². The maximum absolute atomic E-state index is 11.5. The number of ketones is 1. The molecular weight excluding hydrogens is 182 g/mol. The minimum absolute atomic E-state index is 0.0149. The molecule has 0 aliphatic carbocycles. The standard InChI is InChI=1S/C10H17NO3/c1-8(12)4-5-10(14)11-6-2-3-9(13)7-11/h9,13H,2-7H2,1H3/t9-/m0/s1. The van der Waals surface area contributed by atoms with Gasteiger partial charge in [-0.1, -0.05) is 0 Å². The number of β-amino-alcohol motifs (C(OH)–C–C–N with tert-alkyl or cyclic N) is 1. The van der Waals surface area contributed by atoms with Gasteiger partial charge in [0.2, 0.25) is 5.91 Å². The highest BCUT2D eigenvalue weighted by molar-refractivity contribution is 5.83. The van der Waals surface area contributed by atoms with E-state index in [0.717, 1.165) is 12.8 Å². The summed E-state index contributed by atoms with van der Waals surface area (Å²) >= 11 is 0. The van der Waals surface area contributed by atoms with E-state index in [0.29, 0.717) is 19.5 Å². The highest BCUT2D eigenvalue weighted by Gasteiger charge is 2.21. The predicted molar refractivity (Wildman–Crippen MR) is 51.7 cm³/mol. The van der Waals surface area contributed by atoms with Crippen molar-refractivity contribution in [3.8, 4) is 0 Å². The van der Waals surface area contributed by atoms with Gasteiger partial charge in [0.25, 0.3) is 0 Å². The van der Waals surface area contributed by atoms with E-state index < -0.39 is 0 Å². The number of Topliss-reactive ketones (excluding diaryl/α,β-unsaturated/α-hetero) is 1. The molecule has 1 atom stereocenters. The minimum atomic E-state index is -0.384. The lowest BCUT2D eigenvalue weighted by molar-refractivity contribution is -0.135. The molecule has 1 N–H and O–H groups in total. The molecule has 0 radical (unpaired) electrons. The van der Waals surface area contributed by atoms with E-state index in [1.54, 1.807) is 4.90 Å². The minimum Gasteiger partial charge on any atom is -0.391 e. The van der Waals surface area contributed by atoms with Crippen LogP contribution < -0.4 is 0 Å². The average molecular weight is 199 g/mol. The van der Waals surface area contributed by atoms with Gasteiger partial charge in [0, 0.05) is 25.9 Å². The lowest BCUT2D eigenvalue weighted by Crippen LogP contribution is -2.42. The van der Waals surface area contributed by atoms with Crippen LogP contribution in [-0.2, 0) is 9.59 Å². The van der Waals surface area contributed by atoms with Gasteiger partial charge in [-0.15, -0.1) is 0 Å². The Morgan fingerprint density at radius 2 is 2.14 bits per heavy atom. The quantitative estimate of drug-likeness (QED) is 0.713. The summed E-state index contributed by atoms with van der Waals surface area (Å²) in [6, 6.07) is 0. The summed E-state index contributed by atoms with van der Waals surface area (Å²) < 4.78 is 0. The van der Waals surface area contributed by atoms with Gasteiger partial charge in [0.05, 0.1) is 6.10 Å². The number of amides is 1. The monoisotopic (exact) mass is 199 g/mol. The van der Waals surface area contributed by atoms with Crippen molar-refractivity contribution in [3.63, 3.8) is 0 Å². The van der Waals surface area contributed by atoms with Crippen molar-refractivity contribution in [1.82, 2.24) is 4.90 Å². The van der Waals surface area contributed by atoms with Gasteiger partial charge in [-0.05, 0) is 19.8 Å². The summed E-state index contributed by atoms with van der Waals surface area (Å²) in [7, 11) is 0. The number of hydrogen-bond donors (Lipinski definition) is 1. The molecule has 0 unspecified atom stereocenters. The molecule has 0 aromatic carbocycles. The molecule has 1 rings (SSSR count). The van der Waals surface area contributed by atoms with Gasteiger partial charge in [-0.2, -0.15) is 0 Å². The van der Waals surface area contributed by atoms with E-state index in [1.165, 1.54) is 6.92 Å². The first-order chi connectivity index (χ1) is 6.59. The molecule has 14 heavy (non-hydrogen) atoms. The molecule has 80 valence electrons. The molecule has 0 saturated carbocycles. The normalized spacial score (nSPS) is 22.1. The molecule has 1 saturated heterocycles. The number of carbonyl (C=O) groups is 2. The van der Waals surface area contributed by atoms with Crippen molar-refractivity contribution in [2.75, 3.05) is 13.1 Å². The van der Waals surface area contributed by atoms with Crippen LogP contribution in [0.15, 0.2) is 0 Å². The molecule has 4 heteroatoms. The lowest BCUT2D eigenvalue weighted by atomic mass is 10.1. The Labute approximate surface area is 83.9 Å². The van der Waals surface area contributed by atoms with Crippen molar-refractivity contribution in [3.05, 3.63) is 0 Å². The molecular formula is C10H17NO3. The van der Waals surface area contributed by atoms with Gasteiger partial charge in [0.1, 0.15) is 5.78 Å². The van der Waals surface area contributed by atoms with Crippen molar-refractivity contribution in [2.45, 2.75) is 38.7 Å². The van der Waals surface area contributed by atoms with Gasteiger partial charge in [0.15, 0.2) is 0 Å². The Morgan fingerprint density at radius 3 is 2.71 bits per heavy atom. The van der Waals surface area contributed by atoms with Gasteiger partial charge < -0.3 is 14.8 Å². The molecule has 4 nitrogen and oxygen atoms in total. The van der Waals surface area contributed by atoms with Crippen LogP contribution in [0.2, 0.25) is 0 Å². The number of piperidine rings is 1. The second kappa shape index (κ2) is 5.10. The lowest BCUT2D eigenvalue weighted by Gasteiger charge is -2.30. The Balaban J connectivity index is 2.32. The van der Waals surface area contributed by atoms with Gasteiger partial charge in [-0.25, -0.2) is 0 Å². The molecule has 1 amide bonds. The predicted octanol–water partition coefficient (Wildman–Crippen LogP) is 0.339. The Morgan fingerprint density at radius 1 is 1.43 bits per heavy atom. The topological polar surface area (TPSA) is 57.6 Å². The van der Waals surface area contributed by atoms with Crippen molar-refractivity contribution >= 4 is 11.7 Å². The van der Waals surface area contributed by atoms with Gasteiger partial charge in [-0.3, -0.25) is 4.79 Å². The van der Waals surface area contributed by atoms with Crippen LogP contribution in [0.5, 0.6) is 0 Å². The Bertz CT molecular complexity index is 227. The molecule has 0 aromatic rings. The molecule has 0 spiro atoms. The fourth-order valence-corrected chi connectivity index (χ4v) is 1.62. The second-order valence-corrected chi connectivity index (χ2v) is 3.84. The summed E-state index contributed by atoms with van der Waals surface area (Å²) in [6.07, 6.45) is 1.83. The number of aliphatic hydroxyl groups excluding tert-OH is 1. The van der Waals surface area contributed by atoms with E-state index in [2.05, 4.69) is 0 Å². The van der Waals surface area contributed by atoms with Crippen LogP contribution in [0, 0.1) is 0 Å². The maximum Gasteiger partial charge on any atom is 0.223 e. The second-order valence-electron chi connectivity index (χ2n) is 3.84. The molecule has 1 heterocycles.